The third-order valence-electron chi connectivity index (χ3n) is 4.05. The van der Waals surface area contributed by atoms with Crippen molar-refractivity contribution in [2.75, 3.05) is 11.9 Å². The van der Waals surface area contributed by atoms with Gasteiger partial charge in [0.15, 0.2) is 0 Å². The van der Waals surface area contributed by atoms with Crippen molar-refractivity contribution >= 4 is 33.6 Å². The highest BCUT2D eigenvalue weighted by atomic mass is 32.1. The van der Waals surface area contributed by atoms with Crippen molar-refractivity contribution in [2.45, 2.75) is 19.4 Å². The van der Waals surface area contributed by atoms with Gasteiger partial charge in [0, 0.05) is 4.88 Å². The first-order valence-electron chi connectivity index (χ1n) is 8.34. The molecular weight excluding hydrogens is 362 g/mol. The van der Waals surface area contributed by atoms with Crippen molar-refractivity contribution < 1.29 is 4.79 Å². The fourth-order valence-corrected chi connectivity index (χ4v) is 4.22. The summed E-state index contributed by atoms with van der Waals surface area (Å²) in [4.78, 5) is 13.5. The van der Waals surface area contributed by atoms with E-state index in [-0.39, 0.29) is 18.5 Å². The average molecular weight is 382 g/mol. The van der Waals surface area contributed by atoms with Crippen LogP contribution >= 0.6 is 22.7 Å². The summed E-state index contributed by atoms with van der Waals surface area (Å²) in [5.74, 6) is -0.157. The number of nitrogens with zero attached hydrogens (tertiary/aromatic N) is 1. The molecule has 1 atom stereocenters. The Hall–Kier alpha value is -2.46. The van der Waals surface area contributed by atoms with E-state index in [2.05, 4.69) is 54.0 Å². The number of hydrogen-bond acceptors (Lipinski definition) is 5. The Morgan fingerprint density at radius 2 is 1.96 bits per heavy atom. The van der Waals surface area contributed by atoms with E-state index in [1.54, 1.807) is 22.8 Å². The van der Waals surface area contributed by atoms with Gasteiger partial charge in [-0.1, -0.05) is 37.3 Å². The molecule has 0 unspecified atom stereocenters. The lowest BCUT2D eigenvalue weighted by molar-refractivity contribution is -0.115. The Labute approximate surface area is 161 Å². The van der Waals surface area contributed by atoms with E-state index in [1.165, 1.54) is 16.9 Å². The molecule has 0 saturated carbocycles. The number of carbonyl (C=O) groups is 1. The number of rotatable bonds is 7. The minimum absolute atomic E-state index is 0.0366. The molecule has 0 aliphatic carbocycles. The second kappa shape index (κ2) is 8.77. The van der Waals surface area contributed by atoms with Crippen LogP contribution in [0.5, 0.6) is 0 Å². The van der Waals surface area contributed by atoms with E-state index in [1.807, 2.05) is 11.4 Å². The molecule has 0 radical (unpaired) electrons. The molecule has 3 rings (SSSR count). The van der Waals surface area contributed by atoms with Gasteiger partial charge in [-0.15, -0.1) is 22.7 Å². The summed E-state index contributed by atoms with van der Waals surface area (Å²) >= 11 is 3.02. The summed E-state index contributed by atoms with van der Waals surface area (Å²) in [5, 5.41) is 19.6. The van der Waals surface area contributed by atoms with Crippen molar-refractivity contribution in [2.24, 2.45) is 0 Å². The Bertz CT molecular complexity index is 892. The Morgan fingerprint density at radius 3 is 2.62 bits per heavy atom. The standard InChI is InChI=1S/C20H19N3OS2/c1-2-14-5-7-15(8-6-14)19(17-4-3-10-25-17)22-13-18(24)23-20-16(12-21)9-11-26-20/h3-11,19,22H,2,13H2,1H3,(H,23,24)/t19-/m0/s1. The molecule has 2 N–H and O–H groups in total. The van der Waals surface area contributed by atoms with Crippen molar-refractivity contribution in [3.05, 3.63) is 74.8 Å². The fraction of sp³-hybridized carbons (Fsp3) is 0.200. The summed E-state index contributed by atoms with van der Waals surface area (Å²) in [6, 6.07) is 16.3. The quantitative estimate of drug-likeness (QED) is 0.630. The van der Waals surface area contributed by atoms with Gasteiger partial charge in [-0.25, -0.2) is 0 Å². The molecule has 0 aliphatic rings. The van der Waals surface area contributed by atoms with Crippen molar-refractivity contribution in [1.82, 2.24) is 5.32 Å². The SMILES string of the molecule is CCc1ccc([C@H](NCC(=O)Nc2sccc2C#N)c2cccs2)cc1. The molecule has 0 saturated heterocycles. The van der Waals surface area contributed by atoms with Crippen LogP contribution in [-0.2, 0) is 11.2 Å². The van der Waals surface area contributed by atoms with Crippen molar-refractivity contribution in [3.8, 4) is 6.07 Å². The molecule has 0 bridgehead atoms. The van der Waals surface area contributed by atoms with Crippen molar-refractivity contribution in [1.29, 1.82) is 5.26 Å². The maximum absolute atomic E-state index is 12.3. The minimum atomic E-state index is -0.157. The maximum atomic E-state index is 12.3. The molecule has 0 aliphatic heterocycles. The van der Waals surface area contributed by atoms with Crippen LogP contribution in [0.1, 0.15) is 34.5 Å². The molecule has 26 heavy (non-hydrogen) atoms. The number of amides is 1. The summed E-state index contributed by atoms with van der Waals surface area (Å²) in [7, 11) is 0. The zero-order valence-corrected chi connectivity index (χ0v) is 16.0. The summed E-state index contributed by atoms with van der Waals surface area (Å²) < 4.78 is 0. The summed E-state index contributed by atoms with van der Waals surface area (Å²) in [6.07, 6.45) is 1.00. The first-order valence-corrected chi connectivity index (χ1v) is 10.1. The topological polar surface area (TPSA) is 64.9 Å². The lowest BCUT2D eigenvalue weighted by atomic mass is 10.0. The van der Waals surface area contributed by atoms with Crippen LogP contribution in [0.15, 0.2) is 53.2 Å². The van der Waals surface area contributed by atoms with Crippen LogP contribution < -0.4 is 10.6 Å². The Balaban J connectivity index is 1.70. The predicted molar refractivity (Wildman–Crippen MR) is 108 cm³/mol. The van der Waals surface area contributed by atoms with Crippen LogP contribution in [0, 0.1) is 11.3 Å². The molecule has 2 aromatic heterocycles. The highest BCUT2D eigenvalue weighted by molar-refractivity contribution is 7.14. The Kier molecular flexibility index (Phi) is 6.18. The predicted octanol–water partition coefficient (Wildman–Crippen LogP) is 4.56. The number of hydrogen-bond donors (Lipinski definition) is 2. The first-order chi connectivity index (χ1) is 12.7. The highest BCUT2D eigenvalue weighted by Gasteiger charge is 2.17. The number of anilines is 1. The first kappa shape index (κ1) is 18.3. The van der Waals surface area contributed by atoms with Gasteiger partial charge in [-0.2, -0.15) is 5.26 Å². The van der Waals surface area contributed by atoms with E-state index in [4.69, 9.17) is 5.26 Å². The molecular formula is C20H19N3OS2. The third kappa shape index (κ3) is 4.38. The molecule has 1 amide bonds. The van der Waals surface area contributed by atoms with Crippen LogP contribution in [0.4, 0.5) is 5.00 Å². The summed E-state index contributed by atoms with van der Waals surface area (Å²) in [6.45, 7) is 2.30. The number of nitrogens with one attached hydrogen (secondary N) is 2. The maximum Gasteiger partial charge on any atom is 0.238 e. The summed E-state index contributed by atoms with van der Waals surface area (Å²) in [5.41, 5.74) is 2.91. The van der Waals surface area contributed by atoms with Gasteiger partial charge in [-0.3, -0.25) is 10.1 Å². The smallest absolute Gasteiger partial charge is 0.238 e. The van der Waals surface area contributed by atoms with Crippen molar-refractivity contribution in [3.63, 3.8) is 0 Å². The second-order valence-corrected chi connectivity index (χ2v) is 7.64. The lowest BCUT2D eigenvalue weighted by Gasteiger charge is -2.18. The van der Waals surface area contributed by atoms with E-state index in [0.717, 1.165) is 16.9 Å². The number of benzene rings is 1. The van der Waals surface area contributed by atoms with Crippen LogP contribution in [0.2, 0.25) is 0 Å². The number of nitriles is 1. The monoisotopic (exact) mass is 381 g/mol. The minimum Gasteiger partial charge on any atom is -0.315 e. The zero-order valence-electron chi connectivity index (χ0n) is 14.4. The average Bonchev–Trinajstić information content (AvgIpc) is 3.34. The molecule has 0 spiro atoms. The highest BCUT2D eigenvalue weighted by Crippen LogP contribution is 2.26. The molecule has 0 fully saturated rings. The molecule has 6 heteroatoms. The fourth-order valence-electron chi connectivity index (χ4n) is 2.64. The van der Waals surface area contributed by atoms with E-state index in [9.17, 15) is 4.79 Å². The molecule has 1 aromatic carbocycles. The largest absolute Gasteiger partial charge is 0.315 e. The van der Waals surface area contributed by atoms with Gasteiger partial charge in [-0.05, 0) is 40.4 Å². The van der Waals surface area contributed by atoms with E-state index < -0.39 is 0 Å². The molecule has 2 heterocycles. The van der Waals surface area contributed by atoms with E-state index in [0.29, 0.717) is 10.6 Å². The third-order valence-corrected chi connectivity index (χ3v) is 5.82. The zero-order chi connectivity index (χ0) is 18.4. The van der Waals surface area contributed by atoms with Gasteiger partial charge in [0.05, 0.1) is 18.2 Å². The van der Waals surface area contributed by atoms with Crippen LogP contribution in [0.3, 0.4) is 0 Å². The second-order valence-electron chi connectivity index (χ2n) is 5.75. The van der Waals surface area contributed by atoms with Gasteiger partial charge >= 0.3 is 0 Å². The van der Waals surface area contributed by atoms with Crippen LogP contribution in [0.25, 0.3) is 0 Å². The van der Waals surface area contributed by atoms with Gasteiger partial charge in [0.25, 0.3) is 0 Å². The normalized spacial score (nSPS) is 11.7. The van der Waals surface area contributed by atoms with Crippen LogP contribution in [-0.4, -0.2) is 12.5 Å². The molecule has 4 nitrogen and oxygen atoms in total. The molecule has 132 valence electrons. The lowest BCUT2D eigenvalue weighted by Crippen LogP contribution is -2.31. The number of thiophene rings is 2. The Morgan fingerprint density at radius 1 is 1.15 bits per heavy atom. The van der Waals surface area contributed by atoms with Gasteiger partial charge < -0.3 is 5.32 Å². The van der Waals surface area contributed by atoms with Gasteiger partial charge in [0.2, 0.25) is 5.91 Å². The van der Waals surface area contributed by atoms with E-state index >= 15 is 0 Å². The number of carbonyl (C=O) groups excluding carboxylic acids is 1. The van der Waals surface area contributed by atoms with Gasteiger partial charge in [0.1, 0.15) is 11.1 Å². The number of aryl methyl sites for hydroxylation is 1. The molecule has 3 aromatic rings.